The highest BCUT2D eigenvalue weighted by Crippen LogP contribution is 2.21. The van der Waals surface area contributed by atoms with E-state index in [0.717, 1.165) is 20.8 Å². The van der Waals surface area contributed by atoms with Crippen molar-refractivity contribution in [3.05, 3.63) is 74.9 Å². The van der Waals surface area contributed by atoms with Gasteiger partial charge >= 0.3 is 0 Å². The van der Waals surface area contributed by atoms with Gasteiger partial charge in [-0.05, 0) is 45.8 Å². The molecule has 0 spiro atoms. The van der Waals surface area contributed by atoms with Gasteiger partial charge in [0.2, 0.25) is 0 Å². The van der Waals surface area contributed by atoms with Crippen molar-refractivity contribution in [1.29, 1.82) is 0 Å². The lowest BCUT2D eigenvalue weighted by molar-refractivity contribution is 0.0951. The highest BCUT2D eigenvalue weighted by Gasteiger charge is 2.06. The van der Waals surface area contributed by atoms with Crippen molar-refractivity contribution < 1.29 is 4.79 Å². The van der Waals surface area contributed by atoms with Gasteiger partial charge < -0.3 is 9.88 Å². The molecule has 22 heavy (non-hydrogen) atoms. The van der Waals surface area contributed by atoms with Gasteiger partial charge in [-0.1, -0.05) is 12.1 Å². The zero-order valence-electron chi connectivity index (χ0n) is 11.7. The van der Waals surface area contributed by atoms with Crippen molar-refractivity contribution in [2.75, 3.05) is 0 Å². The first-order valence-electron chi connectivity index (χ1n) is 6.78. The van der Waals surface area contributed by atoms with E-state index in [1.807, 2.05) is 47.2 Å². The third kappa shape index (κ3) is 3.84. The molecule has 0 saturated carbocycles. The van der Waals surface area contributed by atoms with Gasteiger partial charge in [0.05, 0.1) is 16.7 Å². The van der Waals surface area contributed by atoms with Crippen molar-refractivity contribution in [2.24, 2.45) is 0 Å². The van der Waals surface area contributed by atoms with Crippen LogP contribution in [0.15, 0.2) is 58.9 Å². The Morgan fingerprint density at radius 1 is 1.23 bits per heavy atom. The van der Waals surface area contributed by atoms with Crippen molar-refractivity contribution in [3.8, 4) is 0 Å². The predicted octanol–water partition coefficient (Wildman–Crippen LogP) is 3.69. The van der Waals surface area contributed by atoms with Crippen LogP contribution in [0, 0.1) is 0 Å². The topological polar surface area (TPSA) is 46.9 Å². The maximum atomic E-state index is 12.1. The van der Waals surface area contributed by atoms with Gasteiger partial charge in [0, 0.05) is 29.4 Å². The highest BCUT2D eigenvalue weighted by atomic mass is 79.9. The molecule has 6 heteroatoms. The van der Waals surface area contributed by atoms with Crippen LogP contribution in [0.25, 0.3) is 0 Å². The van der Waals surface area contributed by atoms with Gasteiger partial charge in [0.25, 0.3) is 5.91 Å². The molecule has 1 aromatic carbocycles. The van der Waals surface area contributed by atoms with Crippen LogP contribution in [0.3, 0.4) is 0 Å². The quantitative estimate of drug-likeness (QED) is 0.739. The van der Waals surface area contributed by atoms with Gasteiger partial charge in [-0.15, -0.1) is 11.3 Å². The number of amides is 1. The summed E-state index contributed by atoms with van der Waals surface area (Å²) in [4.78, 5) is 17.3. The Balaban J connectivity index is 1.58. The Morgan fingerprint density at radius 3 is 2.68 bits per heavy atom. The molecule has 1 amide bonds. The number of rotatable bonds is 5. The number of aromatic nitrogens is 2. The summed E-state index contributed by atoms with van der Waals surface area (Å²) in [7, 11) is 0. The van der Waals surface area contributed by atoms with E-state index in [-0.39, 0.29) is 5.91 Å². The summed E-state index contributed by atoms with van der Waals surface area (Å²) in [6.45, 7) is 1.30. The molecule has 2 aromatic heterocycles. The largest absolute Gasteiger partial charge is 0.347 e. The lowest BCUT2D eigenvalue weighted by Crippen LogP contribution is -2.22. The molecule has 0 bridgehead atoms. The fourth-order valence-electron chi connectivity index (χ4n) is 2.07. The SMILES string of the molecule is O=C(NCc1ccc(Br)s1)c1ccc(Cn2ccnc2)cc1. The van der Waals surface area contributed by atoms with Crippen LogP contribution in [0.4, 0.5) is 0 Å². The minimum Gasteiger partial charge on any atom is -0.347 e. The standard InChI is InChI=1S/C16H14BrN3OS/c17-15-6-5-14(22-15)9-19-16(21)13-3-1-12(2-4-13)10-20-8-7-18-11-20/h1-8,11H,9-10H2,(H,19,21). The number of hydrogen-bond acceptors (Lipinski definition) is 3. The fraction of sp³-hybridized carbons (Fsp3) is 0.125. The molecule has 0 unspecified atom stereocenters. The van der Waals surface area contributed by atoms with E-state index in [2.05, 4.69) is 26.2 Å². The molecule has 0 radical (unpaired) electrons. The van der Waals surface area contributed by atoms with Crippen LogP contribution in [0.2, 0.25) is 0 Å². The number of halogens is 1. The fourth-order valence-corrected chi connectivity index (χ4v) is 3.49. The lowest BCUT2D eigenvalue weighted by atomic mass is 10.1. The Morgan fingerprint density at radius 2 is 2.05 bits per heavy atom. The molecule has 0 aliphatic heterocycles. The smallest absolute Gasteiger partial charge is 0.251 e. The summed E-state index contributed by atoms with van der Waals surface area (Å²) < 4.78 is 3.06. The zero-order valence-corrected chi connectivity index (χ0v) is 14.1. The summed E-state index contributed by atoms with van der Waals surface area (Å²) in [5, 5.41) is 2.93. The monoisotopic (exact) mass is 375 g/mol. The molecule has 0 saturated heterocycles. The third-order valence-corrected chi connectivity index (χ3v) is 4.82. The second-order valence-electron chi connectivity index (χ2n) is 4.82. The minimum absolute atomic E-state index is 0.0568. The van der Waals surface area contributed by atoms with Crippen molar-refractivity contribution in [1.82, 2.24) is 14.9 Å². The van der Waals surface area contributed by atoms with E-state index in [1.165, 1.54) is 0 Å². The first-order valence-corrected chi connectivity index (χ1v) is 8.39. The first-order chi connectivity index (χ1) is 10.7. The predicted molar refractivity (Wildman–Crippen MR) is 91.0 cm³/mol. The second kappa shape index (κ2) is 6.89. The van der Waals surface area contributed by atoms with Crippen LogP contribution < -0.4 is 5.32 Å². The summed E-state index contributed by atoms with van der Waals surface area (Å²) >= 11 is 5.04. The van der Waals surface area contributed by atoms with E-state index in [0.29, 0.717) is 12.1 Å². The van der Waals surface area contributed by atoms with Gasteiger partial charge in [-0.3, -0.25) is 4.79 Å². The van der Waals surface area contributed by atoms with E-state index in [1.54, 1.807) is 23.9 Å². The van der Waals surface area contributed by atoms with Gasteiger partial charge in [-0.25, -0.2) is 4.98 Å². The summed E-state index contributed by atoms with van der Waals surface area (Å²) in [5.74, 6) is -0.0568. The number of nitrogens with one attached hydrogen (secondary N) is 1. The number of carbonyl (C=O) groups excluding carboxylic acids is 1. The Hall–Kier alpha value is -1.92. The highest BCUT2D eigenvalue weighted by molar-refractivity contribution is 9.11. The van der Waals surface area contributed by atoms with Gasteiger partial charge in [-0.2, -0.15) is 0 Å². The number of imidazole rings is 1. The van der Waals surface area contributed by atoms with Crippen molar-refractivity contribution in [2.45, 2.75) is 13.1 Å². The average molecular weight is 376 g/mol. The Labute approximate surface area is 140 Å². The maximum Gasteiger partial charge on any atom is 0.251 e. The van der Waals surface area contributed by atoms with Crippen LogP contribution in [-0.4, -0.2) is 15.5 Å². The molecule has 1 N–H and O–H groups in total. The van der Waals surface area contributed by atoms with Crippen LogP contribution in [0.5, 0.6) is 0 Å². The van der Waals surface area contributed by atoms with Gasteiger partial charge in [0.15, 0.2) is 0 Å². The Kier molecular flexibility index (Phi) is 4.70. The summed E-state index contributed by atoms with van der Waals surface area (Å²) in [6, 6.07) is 11.6. The van der Waals surface area contributed by atoms with E-state index in [4.69, 9.17) is 0 Å². The molecular weight excluding hydrogens is 362 g/mol. The molecule has 3 aromatic rings. The molecule has 112 valence electrons. The third-order valence-electron chi connectivity index (χ3n) is 3.19. The maximum absolute atomic E-state index is 12.1. The molecule has 0 aliphatic rings. The molecule has 2 heterocycles. The normalized spacial score (nSPS) is 10.6. The average Bonchev–Trinajstić information content (AvgIpc) is 3.17. The molecule has 4 nitrogen and oxygen atoms in total. The molecule has 0 atom stereocenters. The molecule has 0 aliphatic carbocycles. The van der Waals surface area contributed by atoms with Crippen LogP contribution in [-0.2, 0) is 13.1 Å². The van der Waals surface area contributed by atoms with E-state index < -0.39 is 0 Å². The molecule has 3 rings (SSSR count). The van der Waals surface area contributed by atoms with E-state index in [9.17, 15) is 4.79 Å². The number of thiophene rings is 1. The van der Waals surface area contributed by atoms with E-state index >= 15 is 0 Å². The van der Waals surface area contributed by atoms with Crippen molar-refractivity contribution >= 4 is 33.2 Å². The Bertz CT molecular complexity index is 750. The zero-order chi connectivity index (χ0) is 15.4. The second-order valence-corrected chi connectivity index (χ2v) is 7.37. The van der Waals surface area contributed by atoms with Crippen LogP contribution in [0.1, 0.15) is 20.8 Å². The molecular formula is C16H14BrN3OS. The molecule has 0 fully saturated rings. The number of nitrogens with zero attached hydrogens (tertiary/aromatic N) is 2. The first kappa shape index (κ1) is 15.0. The number of hydrogen-bond donors (Lipinski definition) is 1. The lowest BCUT2D eigenvalue weighted by Gasteiger charge is -2.06. The number of benzene rings is 1. The summed E-state index contributed by atoms with van der Waals surface area (Å²) in [6.07, 6.45) is 5.45. The van der Waals surface area contributed by atoms with Crippen LogP contribution >= 0.6 is 27.3 Å². The minimum atomic E-state index is -0.0568. The number of carbonyl (C=O) groups is 1. The van der Waals surface area contributed by atoms with Crippen molar-refractivity contribution in [3.63, 3.8) is 0 Å². The van der Waals surface area contributed by atoms with Gasteiger partial charge in [0.1, 0.15) is 0 Å². The summed E-state index contributed by atoms with van der Waals surface area (Å²) in [5.41, 5.74) is 1.81.